The number of nitriles is 1. The molecule has 0 aliphatic carbocycles. The number of aryl methyl sites for hydroxylation is 1. The number of aromatic amines is 1. The second-order valence-electron chi connectivity index (χ2n) is 5.12. The normalized spacial score (nSPS) is 16.9. The highest BCUT2D eigenvalue weighted by molar-refractivity contribution is 9.10. The molecule has 2 heterocycles. The Morgan fingerprint density at radius 1 is 1.45 bits per heavy atom. The van der Waals surface area contributed by atoms with E-state index in [1.165, 1.54) is 0 Å². The Balaban J connectivity index is 2.24. The van der Waals surface area contributed by atoms with Crippen LogP contribution in [0.5, 0.6) is 5.88 Å². The molecule has 1 atom stereocenters. The van der Waals surface area contributed by atoms with Crippen molar-refractivity contribution in [3.8, 4) is 11.9 Å². The molecule has 2 aromatic rings. The van der Waals surface area contributed by atoms with E-state index in [4.69, 9.17) is 10.5 Å². The van der Waals surface area contributed by atoms with Crippen LogP contribution >= 0.6 is 15.9 Å². The van der Waals surface area contributed by atoms with E-state index in [2.05, 4.69) is 39.1 Å². The number of hydrogen-bond donors (Lipinski definition) is 2. The Morgan fingerprint density at radius 3 is 2.91 bits per heavy atom. The van der Waals surface area contributed by atoms with Crippen LogP contribution in [-0.2, 0) is 6.42 Å². The van der Waals surface area contributed by atoms with E-state index in [-0.39, 0.29) is 11.8 Å². The van der Waals surface area contributed by atoms with Gasteiger partial charge in [0.1, 0.15) is 11.6 Å². The molecule has 3 rings (SSSR count). The van der Waals surface area contributed by atoms with Crippen LogP contribution in [-0.4, -0.2) is 10.2 Å². The first-order chi connectivity index (χ1) is 10.7. The fourth-order valence-electron chi connectivity index (χ4n) is 2.77. The fraction of sp³-hybridized carbons (Fsp3) is 0.250. The van der Waals surface area contributed by atoms with Crippen molar-refractivity contribution in [1.82, 2.24) is 10.2 Å². The van der Waals surface area contributed by atoms with Gasteiger partial charge in [0.05, 0.1) is 5.92 Å². The number of benzene rings is 1. The van der Waals surface area contributed by atoms with Gasteiger partial charge in [-0.3, -0.25) is 5.10 Å². The molecule has 5 nitrogen and oxygen atoms in total. The van der Waals surface area contributed by atoms with Gasteiger partial charge in [-0.15, -0.1) is 5.10 Å². The highest BCUT2D eigenvalue weighted by Gasteiger charge is 2.35. The first-order valence-electron chi connectivity index (χ1n) is 7.06. The van der Waals surface area contributed by atoms with Crippen LogP contribution in [0.3, 0.4) is 0 Å². The molecule has 112 valence electrons. The number of halogens is 1. The van der Waals surface area contributed by atoms with Crippen molar-refractivity contribution in [2.45, 2.75) is 25.7 Å². The summed E-state index contributed by atoms with van der Waals surface area (Å²) < 4.78 is 6.46. The molecule has 1 aromatic carbocycles. The van der Waals surface area contributed by atoms with E-state index in [0.29, 0.717) is 11.5 Å². The molecule has 0 radical (unpaired) electrons. The summed E-state index contributed by atoms with van der Waals surface area (Å²) in [5.74, 6) is 0.302. The van der Waals surface area contributed by atoms with Crippen LogP contribution in [0.1, 0.15) is 36.1 Å². The summed E-state index contributed by atoms with van der Waals surface area (Å²) in [5.41, 5.74) is 9.21. The number of H-pyrrole nitrogens is 1. The average molecular weight is 359 g/mol. The molecule has 0 amide bonds. The lowest BCUT2D eigenvalue weighted by Gasteiger charge is -2.24. The van der Waals surface area contributed by atoms with Crippen LogP contribution in [0.15, 0.2) is 40.2 Å². The van der Waals surface area contributed by atoms with Crippen molar-refractivity contribution in [1.29, 1.82) is 5.26 Å². The van der Waals surface area contributed by atoms with Gasteiger partial charge in [-0.1, -0.05) is 47.5 Å². The van der Waals surface area contributed by atoms with E-state index in [1.807, 2.05) is 24.3 Å². The third-order valence-corrected chi connectivity index (χ3v) is 4.46. The van der Waals surface area contributed by atoms with Gasteiger partial charge < -0.3 is 10.5 Å². The van der Waals surface area contributed by atoms with Crippen LogP contribution in [0.25, 0.3) is 0 Å². The maximum Gasteiger partial charge on any atom is 0.244 e. The van der Waals surface area contributed by atoms with Gasteiger partial charge in [0, 0.05) is 15.7 Å². The topological polar surface area (TPSA) is 87.7 Å². The predicted octanol–water partition coefficient (Wildman–Crippen LogP) is 3.34. The molecule has 3 N–H and O–H groups in total. The molecule has 0 spiro atoms. The maximum atomic E-state index is 9.55. The molecule has 1 aliphatic rings. The highest BCUT2D eigenvalue weighted by Crippen LogP contribution is 2.44. The minimum Gasteiger partial charge on any atom is -0.420 e. The number of ether oxygens (including phenoxy) is 1. The highest BCUT2D eigenvalue weighted by atomic mass is 79.9. The molecule has 0 unspecified atom stereocenters. The zero-order valence-corrected chi connectivity index (χ0v) is 13.6. The molecule has 22 heavy (non-hydrogen) atoms. The standard InChI is InChI=1S/C16H15BrN4O/c1-2-5-12-14-13(9-6-3-4-7-11(9)17)10(8-18)15(19)22-16(14)21-20-12/h3-4,6-7,13H,2,5,19H2,1H3,(H,20,21)/t13-/m0/s1. The number of nitrogens with two attached hydrogens (primary N) is 1. The van der Waals surface area contributed by atoms with Gasteiger partial charge in [0.25, 0.3) is 0 Å². The van der Waals surface area contributed by atoms with E-state index >= 15 is 0 Å². The molecule has 0 bridgehead atoms. The van der Waals surface area contributed by atoms with E-state index in [1.54, 1.807) is 0 Å². The minimum atomic E-state index is -0.273. The molecule has 0 saturated carbocycles. The first-order valence-corrected chi connectivity index (χ1v) is 7.85. The van der Waals surface area contributed by atoms with Crippen LogP contribution in [0, 0.1) is 11.3 Å². The molecule has 0 saturated heterocycles. The summed E-state index contributed by atoms with van der Waals surface area (Å²) in [7, 11) is 0. The van der Waals surface area contributed by atoms with Gasteiger partial charge in [0.2, 0.25) is 11.8 Å². The molecular weight excluding hydrogens is 344 g/mol. The Hall–Kier alpha value is -2.26. The van der Waals surface area contributed by atoms with Crippen LogP contribution in [0.4, 0.5) is 0 Å². The van der Waals surface area contributed by atoms with Crippen molar-refractivity contribution in [2.24, 2.45) is 5.73 Å². The fourth-order valence-corrected chi connectivity index (χ4v) is 3.28. The Labute approximate surface area is 136 Å². The van der Waals surface area contributed by atoms with Gasteiger partial charge in [-0.05, 0) is 18.1 Å². The largest absolute Gasteiger partial charge is 0.420 e. The van der Waals surface area contributed by atoms with Gasteiger partial charge in [0.15, 0.2) is 0 Å². The second kappa shape index (κ2) is 5.85. The molecule has 1 aliphatic heterocycles. The summed E-state index contributed by atoms with van der Waals surface area (Å²) >= 11 is 3.57. The van der Waals surface area contributed by atoms with Crippen molar-refractivity contribution in [3.05, 3.63) is 57.0 Å². The number of rotatable bonds is 3. The molecule has 1 aromatic heterocycles. The Bertz CT molecular complexity index is 788. The lowest BCUT2D eigenvalue weighted by molar-refractivity contribution is 0.378. The minimum absolute atomic E-state index is 0.116. The average Bonchev–Trinajstić information content (AvgIpc) is 2.89. The number of nitrogens with zero attached hydrogens (tertiary/aromatic N) is 2. The monoisotopic (exact) mass is 358 g/mol. The number of nitrogens with one attached hydrogen (secondary N) is 1. The molecule has 0 fully saturated rings. The summed E-state index contributed by atoms with van der Waals surface area (Å²) in [5, 5.41) is 16.8. The molecule has 6 heteroatoms. The second-order valence-corrected chi connectivity index (χ2v) is 5.97. The number of fused-ring (bicyclic) bond motifs is 1. The lowest BCUT2D eigenvalue weighted by atomic mass is 9.83. The Kier molecular flexibility index (Phi) is 3.90. The Morgan fingerprint density at radius 2 is 2.23 bits per heavy atom. The van der Waals surface area contributed by atoms with E-state index in [0.717, 1.165) is 34.1 Å². The van der Waals surface area contributed by atoms with Gasteiger partial charge in [-0.25, -0.2) is 0 Å². The van der Waals surface area contributed by atoms with Crippen molar-refractivity contribution in [3.63, 3.8) is 0 Å². The first kappa shape index (κ1) is 14.7. The maximum absolute atomic E-state index is 9.55. The van der Waals surface area contributed by atoms with Crippen LogP contribution < -0.4 is 10.5 Å². The quantitative estimate of drug-likeness (QED) is 0.880. The van der Waals surface area contributed by atoms with Crippen molar-refractivity contribution in [2.75, 3.05) is 0 Å². The number of allylic oxidation sites excluding steroid dienone is 1. The summed E-state index contributed by atoms with van der Waals surface area (Å²) in [6, 6.07) is 10.0. The third-order valence-electron chi connectivity index (χ3n) is 3.73. The smallest absolute Gasteiger partial charge is 0.244 e. The van der Waals surface area contributed by atoms with E-state index < -0.39 is 0 Å². The SMILES string of the molecule is CCCc1[nH]nc2c1[C@@H](c1ccccc1Br)C(C#N)=C(N)O2. The number of hydrogen-bond acceptors (Lipinski definition) is 4. The summed E-state index contributed by atoms with van der Waals surface area (Å²) in [4.78, 5) is 0. The van der Waals surface area contributed by atoms with E-state index in [9.17, 15) is 5.26 Å². The van der Waals surface area contributed by atoms with Crippen molar-refractivity contribution < 1.29 is 4.74 Å². The summed E-state index contributed by atoms with van der Waals surface area (Å²) in [6.45, 7) is 2.10. The number of aromatic nitrogens is 2. The van der Waals surface area contributed by atoms with Gasteiger partial charge >= 0.3 is 0 Å². The van der Waals surface area contributed by atoms with Crippen LogP contribution in [0.2, 0.25) is 0 Å². The predicted molar refractivity (Wildman–Crippen MR) is 86.0 cm³/mol. The molecular formula is C16H15BrN4O. The zero-order chi connectivity index (χ0) is 15.7. The third kappa shape index (κ3) is 2.28. The van der Waals surface area contributed by atoms with Gasteiger partial charge in [-0.2, -0.15) is 5.26 Å². The summed E-state index contributed by atoms with van der Waals surface area (Å²) in [6.07, 6.45) is 1.81. The zero-order valence-electron chi connectivity index (χ0n) is 12.1. The lowest BCUT2D eigenvalue weighted by Crippen LogP contribution is -2.21. The van der Waals surface area contributed by atoms with Crippen molar-refractivity contribution >= 4 is 15.9 Å².